The minimum absolute atomic E-state index is 0.0529. The maximum Gasteiger partial charge on any atom is 0.391 e. The molecule has 1 saturated carbocycles. The standard InChI is InChI=1S/C18H32F3N3O/c1-3-23-7-9-24(10-8-23)13-14(2)12-22-17(25)15-5-4-6-16(11-15)18(19,20)21/h14-16H,3-13H2,1-2H3,(H,22,25). The quantitative estimate of drug-likeness (QED) is 0.788. The number of amides is 1. The Labute approximate surface area is 149 Å². The molecule has 4 nitrogen and oxygen atoms in total. The Morgan fingerprint density at radius 1 is 1.16 bits per heavy atom. The van der Waals surface area contributed by atoms with E-state index in [0.29, 0.717) is 25.3 Å². The van der Waals surface area contributed by atoms with Gasteiger partial charge in [-0.05, 0) is 31.7 Å². The smallest absolute Gasteiger partial charge is 0.356 e. The summed E-state index contributed by atoms with van der Waals surface area (Å²) in [7, 11) is 0. The fourth-order valence-electron chi connectivity index (χ4n) is 3.94. The molecule has 0 aromatic rings. The Morgan fingerprint density at radius 3 is 2.40 bits per heavy atom. The average molecular weight is 363 g/mol. The first kappa shape index (κ1) is 20.5. The third-order valence-corrected chi connectivity index (χ3v) is 5.61. The van der Waals surface area contributed by atoms with Crippen molar-refractivity contribution in [2.45, 2.75) is 45.7 Å². The van der Waals surface area contributed by atoms with Crippen LogP contribution in [0.15, 0.2) is 0 Å². The van der Waals surface area contributed by atoms with Gasteiger partial charge in [0.15, 0.2) is 0 Å². The van der Waals surface area contributed by atoms with Crippen molar-refractivity contribution in [3.05, 3.63) is 0 Å². The highest BCUT2D eigenvalue weighted by molar-refractivity contribution is 5.78. The molecule has 7 heteroatoms. The topological polar surface area (TPSA) is 35.6 Å². The molecule has 1 saturated heterocycles. The maximum atomic E-state index is 12.9. The van der Waals surface area contributed by atoms with Crippen molar-refractivity contribution in [3.63, 3.8) is 0 Å². The number of nitrogens with one attached hydrogen (secondary N) is 1. The van der Waals surface area contributed by atoms with Crippen LogP contribution in [-0.4, -0.2) is 67.7 Å². The maximum absolute atomic E-state index is 12.9. The van der Waals surface area contributed by atoms with Crippen molar-refractivity contribution in [2.24, 2.45) is 17.8 Å². The summed E-state index contributed by atoms with van der Waals surface area (Å²) in [4.78, 5) is 17.1. The molecule has 0 spiro atoms. The van der Waals surface area contributed by atoms with E-state index in [0.717, 1.165) is 39.3 Å². The highest BCUT2D eigenvalue weighted by Crippen LogP contribution is 2.39. The monoisotopic (exact) mass is 363 g/mol. The molecule has 0 aromatic carbocycles. The van der Waals surface area contributed by atoms with E-state index in [1.54, 1.807) is 0 Å². The largest absolute Gasteiger partial charge is 0.391 e. The molecular formula is C18H32F3N3O. The number of nitrogens with zero attached hydrogens (tertiary/aromatic N) is 2. The lowest BCUT2D eigenvalue weighted by atomic mass is 9.80. The van der Waals surface area contributed by atoms with Crippen LogP contribution in [0.5, 0.6) is 0 Å². The van der Waals surface area contributed by atoms with Gasteiger partial charge in [-0.2, -0.15) is 13.2 Å². The number of hydrogen-bond acceptors (Lipinski definition) is 3. The first-order chi connectivity index (χ1) is 11.8. The van der Waals surface area contributed by atoms with Crippen LogP contribution in [-0.2, 0) is 4.79 Å². The summed E-state index contributed by atoms with van der Waals surface area (Å²) < 4.78 is 38.6. The van der Waals surface area contributed by atoms with Crippen LogP contribution in [0.4, 0.5) is 13.2 Å². The number of carbonyl (C=O) groups is 1. The van der Waals surface area contributed by atoms with E-state index in [2.05, 4.69) is 29.0 Å². The Hall–Kier alpha value is -0.820. The summed E-state index contributed by atoms with van der Waals surface area (Å²) >= 11 is 0. The fourth-order valence-corrected chi connectivity index (χ4v) is 3.94. The molecule has 25 heavy (non-hydrogen) atoms. The van der Waals surface area contributed by atoms with Gasteiger partial charge in [-0.3, -0.25) is 4.79 Å². The summed E-state index contributed by atoms with van der Waals surface area (Å²) in [6.45, 7) is 11.1. The van der Waals surface area contributed by atoms with Crippen molar-refractivity contribution >= 4 is 5.91 Å². The van der Waals surface area contributed by atoms with Crippen LogP contribution in [0.2, 0.25) is 0 Å². The number of likely N-dealkylation sites (N-methyl/N-ethyl adjacent to an activating group) is 1. The summed E-state index contributed by atoms with van der Waals surface area (Å²) in [5.74, 6) is -1.69. The van der Waals surface area contributed by atoms with E-state index in [1.165, 1.54) is 0 Å². The third-order valence-electron chi connectivity index (χ3n) is 5.61. The van der Waals surface area contributed by atoms with Gasteiger partial charge in [-0.25, -0.2) is 0 Å². The van der Waals surface area contributed by atoms with Crippen LogP contribution in [0.3, 0.4) is 0 Å². The van der Waals surface area contributed by atoms with Gasteiger partial charge in [-0.15, -0.1) is 0 Å². The zero-order chi connectivity index (χ0) is 18.4. The normalized spacial score (nSPS) is 27.9. The summed E-state index contributed by atoms with van der Waals surface area (Å²) in [5, 5.41) is 2.89. The SMILES string of the molecule is CCN1CCN(CC(C)CNC(=O)C2CCCC(C(F)(F)F)C2)CC1. The minimum atomic E-state index is -4.17. The Kier molecular flexibility index (Phi) is 7.55. The molecule has 0 bridgehead atoms. The lowest BCUT2D eigenvalue weighted by Crippen LogP contribution is -2.48. The minimum Gasteiger partial charge on any atom is -0.356 e. The van der Waals surface area contributed by atoms with Crippen LogP contribution in [0.1, 0.15) is 39.5 Å². The summed E-state index contributed by atoms with van der Waals surface area (Å²) in [6, 6.07) is 0. The zero-order valence-corrected chi connectivity index (χ0v) is 15.4. The molecule has 1 aliphatic heterocycles. The highest BCUT2D eigenvalue weighted by atomic mass is 19.4. The summed E-state index contributed by atoms with van der Waals surface area (Å²) in [5.41, 5.74) is 0. The molecule has 2 rings (SSSR count). The van der Waals surface area contributed by atoms with Gasteiger partial charge in [0.25, 0.3) is 0 Å². The van der Waals surface area contributed by atoms with Gasteiger partial charge in [0.05, 0.1) is 5.92 Å². The Morgan fingerprint density at radius 2 is 1.80 bits per heavy atom. The van der Waals surface area contributed by atoms with Crippen LogP contribution in [0, 0.1) is 17.8 Å². The molecule has 0 aromatic heterocycles. The van der Waals surface area contributed by atoms with Gasteiger partial charge >= 0.3 is 6.18 Å². The Balaban J connectivity index is 1.69. The van der Waals surface area contributed by atoms with Gasteiger partial charge in [-0.1, -0.05) is 20.3 Å². The van der Waals surface area contributed by atoms with Gasteiger partial charge in [0.2, 0.25) is 5.91 Å². The molecule has 3 unspecified atom stereocenters. The van der Waals surface area contributed by atoms with Crippen LogP contribution in [0.25, 0.3) is 0 Å². The number of rotatable bonds is 6. The average Bonchev–Trinajstić information content (AvgIpc) is 2.59. The number of alkyl halides is 3. The van der Waals surface area contributed by atoms with Gasteiger partial charge in [0, 0.05) is 45.2 Å². The molecule has 2 fully saturated rings. The van der Waals surface area contributed by atoms with Gasteiger partial charge < -0.3 is 15.1 Å². The second-order valence-corrected chi connectivity index (χ2v) is 7.69. The molecule has 1 heterocycles. The molecule has 0 radical (unpaired) electrons. The molecule has 1 amide bonds. The third kappa shape index (κ3) is 6.44. The van der Waals surface area contributed by atoms with E-state index in [4.69, 9.17) is 0 Å². The lowest BCUT2D eigenvalue weighted by molar-refractivity contribution is -0.186. The van der Waals surface area contributed by atoms with Crippen molar-refractivity contribution in [2.75, 3.05) is 45.8 Å². The molecule has 1 N–H and O–H groups in total. The predicted octanol–water partition coefficient (Wildman–Crippen LogP) is 2.74. The molecular weight excluding hydrogens is 331 g/mol. The summed E-state index contributed by atoms with van der Waals surface area (Å²) in [6.07, 6.45) is -3.01. The molecule has 1 aliphatic carbocycles. The fraction of sp³-hybridized carbons (Fsp3) is 0.944. The lowest BCUT2D eigenvalue weighted by Gasteiger charge is -2.35. The number of carbonyl (C=O) groups excluding carboxylic acids is 1. The van der Waals surface area contributed by atoms with Gasteiger partial charge in [0.1, 0.15) is 0 Å². The van der Waals surface area contributed by atoms with Crippen molar-refractivity contribution in [1.82, 2.24) is 15.1 Å². The molecule has 2 aliphatic rings. The van der Waals surface area contributed by atoms with E-state index in [1.807, 2.05) is 0 Å². The first-order valence-corrected chi connectivity index (χ1v) is 9.58. The molecule has 146 valence electrons. The van der Waals surface area contributed by atoms with Crippen molar-refractivity contribution in [1.29, 1.82) is 0 Å². The second-order valence-electron chi connectivity index (χ2n) is 7.69. The predicted molar refractivity (Wildman–Crippen MR) is 92.2 cm³/mol. The van der Waals surface area contributed by atoms with E-state index < -0.39 is 18.0 Å². The second kappa shape index (κ2) is 9.21. The number of piperazine rings is 1. The highest BCUT2D eigenvalue weighted by Gasteiger charge is 2.43. The zero-order valence-electron chi connectivity index (χ0n) is 15.4. The van der Waals surface area contributed by atoms with Crippen molar-refractivity contribution < 1.29 is 18.0 Å². The van der Waals surface area contributed by atoms with Crippen LogP contribution < -0.4 is 5.32 Å². The Bertz CT molecular complexity index is 422. The van der Waals surface area contributed by atoms with E-state index in [-0.39, 0.29) is 18.7 Å². The van der Waals surface area contributed by atoms with E-state index >= 15 is 0 Å². The first-order valence-electron chi connectivity index (χ1n) is 9.58. The molecule has 3 atom stereocenters. The number of hydrogen-bond donors (Lipinski definition) is 1. The van der Waals surface area contributed by atoms with Crippen molar-refractivity contribution in [3.8, 4) is 0 Å². The van der Waals surface area contributed by atoms with Crippen LogP contribution >= 0.6 is 0 Å². The number of halogens is 3. The van der Waals surface area contributed by atoms with E-state index in [9.17, 15) is 18.0 Å².